The fourth-order valence-electron chi connectivity index (χ4n) is 1.47. The second-order valence-electron chi connectivity index (χ2n) is 3.66. The van der Waals surface area contributed by atoms with E-state index in [2.05, 4.69) is 47.7 Å². The molecular formula is C12H21N3. The Morgan fingerprint density at radius 1 is 1.47 bits per heavy atom. The highest BCUT2D eigenvalue weighted by Gasteiger charge is 2.00. The van der Waals surface area contributed by atoms with Crippen LogP contribution in [-0.2, 0) is 6.54 Å². The van der Waals surface area contributed by atoms with E-state index in [0.717, 1.165) is 19.6 Å². The van der Waals surface area contributed by atoms with Crippen LogP contribution in [0.25, 0.3) is 6.08 Å². The van der Waals surface area contributed by atoms with Crippen LogP contribution in [0.3, 0.4) is 0 Å². The maximum atomic E-state index is 3.40. The second kappa shape index (κ2) is 6.43. The Morgan fingerprint density at radius 3 is 2.93 bits per heavy atom. The molecule has 3 heteroatoms. The molecule has 15 heavy (non-hydrogen) atoms. The Morgan fingerprint density at radius 2 is 2.27 bits per heavy atom. The van der Waals surface area contributed by atoms with Crippen molar-refractivity contribution < 1.29 is 0 Å². The molecule has 0 saturated carbocycles. The SMILES string of the molecule is CC/C=C\c1[nH]c(CNCNC)cc1C. The summed E-state index contributed by atoms with van der Waals surface area (Å²) in [5, 5.41) is 6.34. The number of allylic oxidation sites excluding steroid dienone is 1. The molecule has 0 spiro atoms. The van der Waals surface area contributed by atoms with Gasteiger partial charge in [-0.15, -0.1) is 0 Å². The largest absolute Gasteiger partial charge is 0.358 e. The molecule has 0 amide bonds. The lowest BCUT2D eigenvalue weighted by Gasteiger charge is -2.00. The van der Waals surface area contributed by atoms with Crippen LogP contribution in [0.2, 0.25) is 0 Å². The van der Waals surface area contributed by atoms with Crippen molar-refractivity contribution in [3.63, 3.8) is 0 Å². The minimum Gasteiger partial charge on any atom is -0.358 e. The van der Waals surface area contributed by atoms with Crippen LogP contribution in [0.4, 0.5) is 0 Å². The highest BCUT2D eigenvalue weighted by Crippen LogP contribution is 2.11. The molecular weight excluding hydrogens is 186 g/mol. The molecule has 0 saturated heterocycles. The van der Waals surface area contributed by atoms with Crippen molar-refractivity contribution in [3.05, 3.63) is 29.1 Å². The zero-order valence-electron chi connectivity index (χ0n) is 9.85. The number of hydrogen-bond donors (Lipinski definition) is 3. The van der Waals surface area contributed by atoms with Crippen molar-refractivity contribution in [2.75, 3.05) is 13.7 Å². The highest BCUT2D eigenvalue weighted by molar-refractivity contribution is 5.50. The molecule has 0 fully saturated rings. The molecule has 1 aromatic heterocycles. The first-order valence-corrected chi connectivity index (χ1v) is 5.48. The highest BCUT2D eigenvalue weighted by atomic mass is 15.0. The second-order valence-corrected chi connectivity index (χ2v) is 3.66. The van der Waals surface area contributed by atoms with Gasteiger partial charge >= 0.3 is 0 Å². The Hall–Kier alpha value is -1.06. The van der Waals surface area contributed by atoms with Gasteiger partial charge in [-0.3, -0.25) is 5.32 Å². The molecule has 1 heterocycles. The van der Waals surface area contributed by atoms with Crippen LogP contribution < -0.4 is 10.6 Å². The molecule has 0 atom stereocenters. The molecule has 0 bridgehead atoms. The van der Waals surface area contributed by atoms with Crippen molar-refractivity contribution in [3.8, 4) is 0 Å². The van der Waals surface area contributed by atoms with E-state index < -0.39 is 0 Å². The van der Waals surface area contributed by atoms with Crippen molar-refractivity contribution in [2.45, 2.75) is 26.8 Å². The van der Waals surface area contributed by atoms with Crippen LogP contribution in [-0.4, -0.2) is 18.7 Å². The van der Waals surface area contributed by atoms with Gasteiger partial charge < -0.3 is 10.3 Å². The third-order valence-electron chi connectivity index (χ3n) is 2.25. The summed E-state index contributed by atoms with van der Waals surface area (Å²) in [6.45, 7) is 5.98. The third kappa shape index (κ3) is 3.90. The van der Waals surface area contributed by atoms with Gasteiger partial charge in [0.1, 0.15) is 0 Å². The maximum Gasteiger partial charge on any atom is 0.0454 e. The molecule has 0 aliphatic carbocycles. The zero-order valence-corrected chi connectivity index (χ0v) is 9.85. The fraction of sp³-hybridized carbons (Fsp3) is 0.500. The number of nitrogens with one attached hydrogen (secondary N) is 3. The molecule has 0 aliphatic rings. The number of hydrogen-bond acceptors (Lipinski definition) is 2. The Bertz CT molecular complexity index is 313. The lowest BCUT2D eigenvalue weighted by Crippen LogP contribution is -2.25. The van der Waals surface area contributed by atoms with E-state index in [1.54, 1.807) is 0 Å². The van der Waals surface area contributed by atoms with Crippen molar-refractivity contribution in [1.29, 1.82) is 0 Å². The minimum atomic E-state index is 0.832. The van der Waals surface area contributed by atoms with Gasteiger partial charge in [0.05, 0.1) is 0 Å². The lowest BCUT2D eigenvalue weighted by atomic mass is 10.2. The molecule has 0 aliphatic heterocycles. The van der Waals surface area contributed by atoms with E-state index >= 15 is 0 Å². The van der Waals surface area contributed by atoms with E-state index in [0.29, 0.717) is 0 Å². The van der Waals surface area contributed by atoms with Crippen LogP contribution in [0.1, 0.15) is 30.3 Å². The Labute approximate surface area is 92.0 Å². The van der Waals surface area contributed by atoms with E-state index in [1.165, 1.54) is 17.0 Å². The molecule has 0 aromatic carbocycles. The molecule has 1 rings (SSSR count). The normalized spacial score (nSPS) is 11.4. The molecule has 1 aromatic rings. The van der Waals surface area contributed by atoms with Crippen molar-refractivity contribution in [2.24, 2.45) is 0 Å². The van der Waals surface area contributed by atoms with E-state index in [9.17, 15) is 0 Å². The molecule has 3 N–H and O–H groups in total. The summed E-state index contributed by atoms with van der Waals surface area (Å²) in [6.07, 6.45) is 5.40. The smallest absolute Gasteiger partial charge is 0.0454 e. The Kier molecular flexibility index (Phi) is 5.15. The summed E-state index contributed by atoms with van der Waals surface area (Å²) >= 11 is 0. The standard InChI is InChI=1S/C12H21N3/c1-4-5-6-12-10(2)7-11(15-12)8-14-9-13-3/h5-7,13-15H,4,8-9H2,1-3H3/b6-5-. The number of aryl methyl sites for hydroxylation is 1. The summed E-state index contributed by atoms with van der Waals surface area (Å²) in [4.78, 5) is 3.40. The molecule has 0 radical (unpaired) electrons. The van der Waals surface area contributed by atoms with Gasteiger partial charge in [-0.05, 0) is 38.1 Å². The molecule has 84 valence electrons. The number of H-pyrrole nitrogens is 1. The Balaban J connectivity index is 2.56. The lowest BCUT2D eigenvalue weighted by molar-refractivity contribution is 0.625. The predicted molar refractivity (Wildman–Crippen MR) is 65.6 cm³/mol. The number of aromatic nitrogens is 1. The van der Waals surface area contributed by atoms with Crippen LogP contribution in [0.15, 0.2) is 12.1 Å². The zero-order chi connectivity index (χ0) is 11.1. The number of rotatable bonds is 6. The van der Waals surface area contributed by atoms with Gasteiger partial charge in [-0.25, -0.2) is 0 Å². The topological polar surface area (TPSA) is 39.9 Å². The monoisotopic (exact) mass is 207 g/mol. The molecule has 3 nitrogen and oxygen atoms in total. The van der Waals surface area contributed by atoms with Gasteiger partial charge in [0.25, 0.3) is 0 Å². The van der Waals surface area contributed by atoms with E-state index in [-0.39, 0.29) is 0 Å². The van der Waals surface area contributed by atoms with Crippen molar-refractivity contribution in [1.82, 2.24) is 15.6 Å². The molecule has 0 unspecified atom stereocenters. The van der Waals surface area contributed by atoms with E-state index in [1.807, 2.05) is 7.05 Å². The third-order valence-corrected chi connectivity index (χ3v) is 2.25. The average molecular weight is 207 g/mol. The first-order valence-electron chi connectivity index (χ1n) is 5.48. The summed E-state index contributed by atoms with van der Waals surface area (Å²) < 4.78 is 0. The van der Waals surface area contributed by atoms with Crippen LogP contribution in [0.5, 0.6) is 0 Å². The van der Waals surface area contributed by atoms with Gasteiger partial charge in [-0.1, -0.05) is 13.0 Å². The summed E-state index contributed by atoms with van der Waals surface area (Å²) in [6, 6.07) is 2.19. The quantitative estimate of drug-likeness (QED) is 0.493. The predicted octanol–water partition coefficient (Wildman–Crippen LogP) is 2.01. The first-order chi connectivity index (χ1) is 7.27. The van der Waals surface area contributed by atoms with Crippen LogP contribution in [0, 0.1) is 6.92 Å². The van der Waals surface area contributed by atoms with Crippen molar-refractivity contribution >= 4 is 6.08 Å². The first kappa shape index (κ1) is 12.0. The minimum absolute atomic E-state index is 0.832. The summed E-state index contributed by atoms with van der Waals surface area (Å²) in [5.41, 5.74) is 3.76. The summed E-state index contributed by atoms with van der Waals surface area (Å²) in [5.74, 6) is 0. The average Bonchev–Trinajstić information content (AvgIpc) is 2.57. The van der Waals surface area contributed by atoms with Gasteiger partial charge in [0.2, 0.25) is 0 Å². The van der Waals surface area contributed by atoms with Crippen LogP contribution >= 0.6 is 0 Å². The number of aromatic amines is 1. The van der Waals surface area contributed by atoms with Gasteiger partial charge in [0, 0.05) is 24.6 Å². The van der Waals surface area contributed by atoms with Gasteiger partial charge in [-0.2, -0.15) is 0 Å². The fourth-order valence-corrected chi connectivity index (χ4v) is 1.47. The summed E-state index contributed by atoms with van der Waals surface area (Å²) in [7, 11) is 1.93. The van der Waals surface area contributed by atoms with E-state index in [4.69, 9.17) is 0 Å². The maximum absolute atomic E-state index is 3.40. The van der Waals surface area contributed by atoms with Gasteiger partial charge in [0.15, 0.2) is 0 Å².